The summed E-state index contributed by atoms with van der Waals surface area (Å²) in [7, 11) is 0. The SMILES string of the molecule is CCCCCCOc1c(F)cc(C=NNc2nc(CC(=O)OCC)cs2)cc1F. The molecule has 0 aliphatic rings. The second-order valence-corrected chi connectivity index (χ2v) is 7.08. The van der Waals surface area contributed by atoms with Gasteiger partial charge in [0.2, 0.25) is 5.13 Å². The average Bonchev–Trinajstić information content (AvgIpc) is 3.10. The summed E-state index contributed by atoms with van der Waals surface area (Å²) in [6.45, 7) is 4.42. The third kappa shape index (κ3) is 7.77. The molecule has 1 heterocycles. The molecule has 0 atom stereocenters. The summed E-state index contributed by atoms with van der Waals surface area (Å²) in [6.07, 6.45) is 5.23. The summed E-state index contributed by atoms with van der Waals surface area (Å²) in [5, 5.41) is 6.09. The summed E-state index contributed by atoms with van der Waals surface area (Å²) >= 11 is 1.26. The highest BCUT2D eigenvalue weighted by Gasteiger charge is 2.12. The van der Waals surface area contributed by atoms with Crippen LogP contribution in [0.1, 0.15) is 50.8 Å². The molecule has 1 aromatic carbocycles. The Morgan fingerprint density at radius 1 is 1.24 bits per heavy atom. The predicted octanol–water partition coefficient (Wildman–Crippen LogP) is 4.93. The Kier molecular flexibility index (Phi) is 9.49. The van der Waals surface area contributed by atoms with Crippen LogP contribution >= 0.6 is 11.3 Å². The van der Waals surface area contributed by atoms with Crippen molar-refractivity contribution in [3.63, 3.8) is 0 Å². The molecule has 2 rings (SSSR count). The molecule has 0 aliphatic heterocycles. The summed E-state index contributed by atoms with van der Waals surface area (Å²) in [6, 6.07) is 2.31. The van der Waals surface area contributed by atoms with Gasteiger partial charge in [0.1, 0.15) is 0 Å². The highest BCUT2D eigenvalue weighted by Crippen LogP contribution is 2.23. The number of esters is 1. The third-order valence-corrected chi connectivity index (χ3v) is 4.62. The minimum atomic E-state index is -0.770. The molecule has 2 aromatic rings. The maximum Gasteiger partial charge on any atom is 0.311 e. The molecule has 0 unspecified atom stereocenters. The number of ether oxygens (including phenoxy) is 2. The van der Waals surface area contributed by atoms with Gasteiger partial charge in [-0.25, -0.2) is 13.8 Å². The van der Waals surface area contributed by atoms with Crippen molar-refractivity contribution in [2.75, 3.05) is 18.6 Å². The average molecular weight is 426 g/mol. The van der Waals surface area contributed by atoms with E-state index >= 15 is 0 Å². The number of carbonyl (C=O) groups excluding carboxylic acids is 1. The third-order valence-electron chi connectivity index (χ3n) is 3.82. The van der Waals surface area contributed by atoms with E-state index < -0.39 is 11.6 Å². The Morgan fingerprint density at radius 3 is 2.69 bits per heavy atom. The largest absolute Gasteiger partial charge is 0.488 e. The molecule has 0 radical (unpaired) electrons. The number of benzene rings is 1. The molecule has 0 spiro atoms. The van der Waals surface area contributed by atoms with Gasteiger partial charge in [0, 0.05) is 10.9 Å². The number of unbranched alkanes of at least 4 members (excludes halogenated alkanes) is 3. The molecule has 6 nitrogen and oxygen atoms in total. The normalized spacial score (nSPS) is 11.0. The molecule has 0 bridgehead atoms. The molecule has 29 heavy (non-hydrogen) atoms. The molecule has 0 saturated carbocycles. The Labute approximate surface area is 172 Å². The maximum absolute atomic E-state index is 14.1. The van der Waals surface area contributed by atoms with E-state index in [0.29, 0.717) is 17.4 Å². The van der Waals surface area contributed by atoms with Crippen molar-refractivity contribution >= 4 is 28.7 Å². The number of nitrogens with zero attached hydrogens (tertiary/aromatic N) is 2. The van der Waals surface area contributed by atoms with E-state index in [2.05, 4.69) is 22.4 Å². The van der Waals surface area contributed by atoms with Crippen molar-refractivity contribution in [1.82, 2.24) is 4.98 Å². The fraction of sp³-hybridized carbons (Fsp3) is 0.450. The number of thiazole rings is 1. The number of aromatic nitrogens is 1. The minimum Gasteiger partial charge on any atom is -0.488 e. The van der Waals surface area contributed by atoms with Gasteiger partial charge in [0.15, 0.2) is 17.4 Å². The Bertz CT molecular complexity index is 804. The number of halogens is 2. The lowest BCUT2D eigenvalue weighted by atomic mass is 10.2. The second kappa shape index (κ2) is 12.1. The molecule has 0 fully saturated rings. The van der Waals surface area contributed by atoms with Crippen LogP contribution in [0.5, 0.6) is 5.75 Å². The summed E-state index contributed by atoms with van der Waals surface area (Å²) < 4.78 is 38.3. The van der Waals surface area contributed by atoms with E-state index in [9.17, 15) is 13.6 Å². The highest BCUT2D eigenvalue weighted by molar-refractivity contribution is 7.13. The number of anilines is 1. The van der Waals surface area contributed by atoms with Crippen molar-refractivity contribution in [3.8, 4) is 5.75 Å². The topological polar surface area (TPSA) is 72.8 Å². The Hall–Kier alpha value is -2.55. The first-order chi connectivity index (χ1) is 14.0. The smallest absolute Gasteiger partial charge is 0.311 e. The van der Waals surface area contributed by atoms with E-state index in [4.69, 9.17) is 9.47 Å². The maximum atomic E-state index is 14.1. The predicted molar refractivity (Wildman–Crippen MR) is 110 cm³/mol. The summed E-state index contributed by atoms with van der Waals surface area (Å²) in [5.41, 5.74) is 3.48. The van der Waals surface area contributed by atoms with Gasteiger partial charge in [-0.15, -0.1) is 11.3 Å². The zero-order valence-corrected chi connectivity index (χ0v) is 17.4. The van der Waals surface area contributed by atoms with Crippen LogP contribution in [0.25, 0.3) is 0 Å². The summed E-state index contributed by atoms with van der Waals surface area (Å²) in [5.74, 6) is -2.26. The van der Waals surface area contributed by atoms with Gasteiger partial charge in [-0.1, -0.05) is 26.2 Å². The number of rotatable bonds is 12. The molecule has 0 aliphatic carbocycles. The zero-order chi connectivity index (χ0) is 21.1. The molecule has 0 amide bonds. The molecule has 1 aromatic heterocycles. The fourth-order valence-corrected chi connectivity index (χ4v) is 3.12. The molecule has 1 N–H and O–H groups in total. The monoisotopic (exact) mass is 425 g/mol. The van der Waals surface area contributed by atoms with Gasteiger partial charge in [0.25, 0.3) is 0 Å². The highest BCUT2D eigenvalue weighted by atomic mass is 32.1. The minimum absolute atomic E-state index is 0.0755. The Morgan fingerprint density at radius 2 is 2.00 bits per heavy atom. The molecule has 0 saturated heterocycles. The van der Waals surface area contributed by atoms with Gasteiger partial charge in [0.05, 0.1) is 31.5 Å². The van der Waals surface area contributed by atoms with Crippen LogP contribution in [0.15, 0.2) is 22.6 Å². The van der Waals surface area contributed by atoms with Crippen LogP contribution in [-0.4, -0.2) is 30.4 Å². The summed E-state index contributed by atoms with van der Waals surface area (Å²) in [4.78, 5) is 15.6. The quantitative estimate of drug-likeness (QED) is 0.226. The van der Waals surface area contributed by atoms with Crippen molar-refractivity contribution in [2.24, 2.45) is 5.10 Å². The van der Waals surface area contributed by atoms with Gasteiger partial charge in [-0.2, -0.15) is 5.10 Å². The number of hydrazone groups is 1. The van der Waals surface area contributed by atoms with Crippen molar-refractivity contribution in [1.29, 1.82) is 0 Å². The van der Waals surface area contributed by atoms with Crippen LogP contribution in [0.3, 0.4) is 0 Å². The standard InChI is InChI=1S/C20H25F2N3O3S/c1-3-5-6-7-8-28-19-16(21)9-14(10-17(19)22)12-23-25-20-24-15(13-29-20)11-18(26)27-4-2/h9-10,12-13H,3-8,11H2,1-2H3,(H,24,25). The lowest BCUT2D eigenvalue weighted by molar-refractivity contribution is -0.142. The lowest BCUT2D eigenvalue weighted by Gasteiger charge is -2.09. The first kappa shape index (κ1) is 22.7. The van der Waals surface area contributed by atoms with E-state index in [1.54, 1.807) is 12.3 Å². The number of nitrogens with one attached hydrogen (secondary N) is 1. The number of hydrogen-bond donors (Lipinski definition) is 1. The van der Waals surface area contributed by atoms with Gasteiger partial charge >= 0.3 is 5.97 Å². The second-order valence-electron chi connectivity index (χ2n) is 6.22. The molecule has 158 valence electrons. The van der Waals surface area contributed by atoms with Crippen molar-refractivity contribution < 1.29 is 23.0 Å². The first-order valence-electron chi connectivity index (χ1n) is 9.54. The molecular formula is C20H25F2N3O3S. The van der Waals surface area contributed by atoms with E-state index in [-0.39, 0.29) is 30.3 Å². The number of carbonyl (C=O) groups is 1. The van der Waals surface area contributed by atoms with Crippen LogP contribution in [-0.2, 0) is 16.0 Å². The van der Waals surface area contributed by atoms with Crippen LogP contribution in [0.2, 0.25) is 0 Å². The fourth-order valence-electron chi connectivity index (χ4n) is 2.46. The molecule has 9 heteroatoms. The van der Waals surface area contributed by atoms with E-state index in [1.165, 1.54) is 17.6 Å². The van der Waals surface area contributed by atoms with Crippen molar-refractivity contribution in [2.45, 2.75) is 46.0 Å². The first-order valence-corrected chi connectivity index (χ1v) is 10.4. The van der Waals surface area contributed by atoms with Gasteiger partial charge < -0.3 is 9.47 Å². The lowest BCUT2D eigenvalue weighted by Crippen LogP contribution is -2.07. The molecular weight excluding hydrogens is 400 g/mol. The number of hydrogen-bond acceptors (Lipinski definition) is 7. The van der Waals surface area contributed by atoms with E-state index in [0.717, 1.165) is 37.8 Å². The van der Waals surface area contributed by atoms with Crippen LogP contribution in [0, 0.1) is 11.6 Å². The zero-order valence-electron chi connectivity index (χ0n) is 16.5. The van der Waals surface area contributed by atoms with Gasteiger partial charge in [-0.05, 0) is 25.5 Å². The van der Waals surface area contributed by atoms with E-state index in [1.807, 2.05) is 0 Å². The van der Waals surface area contributed by atoms with Gasteiger partial charge in [-0.3, -0.25) is 10.2 Å². The van der Waals surface area contributed by atoms with Crippen molar-refractivity contribution in [3.05, 3.63) is 40.4 Å². The van der Waals surface area contributed by atoms with Crippen LogP contribution in [0.4, 0.5) is 13.9 Å². The van der Waals surface area contributed by atoms with Crippen LogP contribution < -0.4 is 10.2 Å². The Balaban J connectivity index is 1.89.